The lowest BCUT2D eigenvalue weighted by molar-refractivity contribution is 0.128. The van der Waals surface area contributed by atoms with Gasteiger partial charge >= 0.3 is 0 Å². The third-order valence-electron chi connectivity index (χ3n) is 3.27. The van der Waals surface area contributed by atoms with Crippen molar-refractivity contribution in [2.75, 3.05) is 25.6 Å². The number of nitrogens with one attached hydrogen (secondary N) is 1. The van der Waals surface area contributed by atoms with Crippen LogP contribution in [-0.2, 0) is 11.3 Å². The highest BCUT2D eigenvalue weighted by Gasteiger charge is 1.96. The summed E-state index contributed by atoms with van der Waals surface area (Å²) in [6.45, 7) is 3.62. The zero-order valence-corrected chi connectivity index (χ0v) is 16.3. The number of rotatable bonds is 7. The van der Waals surface area contributed by atoms with Crippen LogP contribution in [0.2, 0.25) is 0 Å². The highest BCUT2D eigenvalue weighted by atomic mass is 127. The molecule has 0 amide bonds. The van der Waals surface area contributed by atoms with Crippen LogP contribution in [0.4, 0.5) is 5.69 Å². The monoisotopic (exact) mass is 441 g/mol. The maximum Gasteiger partial charge on any atom is 0.193 e. The van der Waals surface area contributed by atoms with Crippen molar-refractivity contribution in [1.29, 1.82) is 0 Å². The molecule has 0 saturated carbocycles. The van der Waals surface area contributed by atoms with Crippen molar-refractivity contribution in [3.05, 3.63) is 59.7 Å². The number of methoxy groups -OCH3 is 1. The predicted octanol–water partition coefficient (Wildman–Crippen LogP) is 3.57. The van der Waals surface area contributed by atoms with Gasteiger partial charge in [0.15, 0.2) is 5.96 Å². The molecule has 3 N–H and O–H groups in total. The number of hydrogen-bond donors (Lipinski definition) is 2. The van der Waals surface area contributed by atoms with E-state index in [2.05, 4.69) is 10.3 Å². The standard InChI is InChI=1S/C18H23N3O2.HI/c1-14-3-7-16(8-4-14)21-18(19)20-11-12-23-13-15-5-9-17(22-2)10-6-15;/h3-10H,11-13H2,1-2H3,(H3,19,20,21);1H. The number of benzene rings is 2. The second-order valence-electron chi connectivity index (χ2n) is 5.16. The molecule has 5 nitrogen and oxygen atoms in total. The van der Waals surface area contributed by atoms with E-state index in [1.807, 2.05) is 55.5 Å². The van der Waals surface area contributed by atoms with Gasteiger partial charge in [-0.3, -0.25) is 4.99 Å². The van der Waals surface area contributed by atoms with E-state index in [0.717, 1.165) is 17.0 Å². The molecule has 0 bridgehead atoms. The van der Waals surface area contributed by atoms with E-state index in [4.69, 9.17) is 15.2 Å². The molecule has 2 rings (SSSR count). The summed E-state index contributed by atoms with van der Waals surface area (Å²) in [6.07, 6.45) is 0. The number of nitrogens with two attached hydrogens (primary N) is 1. The molecule has 2 aromatic rings. The van der Waals surface area contributed by atoms with E-state index in [0.29, 0.717) is 25.7 Å². The van der Waals surface area contributed by atoms with Crippen molar-refractivity contribution in [2.45, 2.75) is 13.5 Å². The van der Waals surface area contributed by atoms with Gasteiger partial charge < -0.3 is 20.5 Å². The Kier molecular flexibility index (Phi) is 9.18. The fourth-order valence-corrected chi connectivity index (χ4v) is 1.97. The summed E-state index contributed by atoms with van der Waals surface area (Å²) < 4.78 is 10.7. The Morgan fingerprint density at radius 2 is 1.75 bits per heavy atom. The van der Waals surface area contributed by atoms with E-state index in [9.17, 15) is 0 Å². The minimum Gasteiger partial charge on any atom is -0.497 e. The summed E-state index contributed by atoms with van der Waals surface area (Å²) in [7, 11) is 1.65. The summed E-state index contributed by atoms with van der Waals surface area (Å²) in [5.74, 6) is 1.23. The van der Waals surface area contributed by atoms with Crippen LogP contribution in [-0.4, -0.2) is 26.2 Å². The van der Waals surface area contributed by atoms with Gasteiger partial charge in [-0.05, 0) is 36.8 Å². The van der Waals surface area contributed by atoms with Crippen LogP contribution in [0.3, 0.4) is 0 Å². The summed E-state index contributed by atoms with van der Waals surface area (Å²) in [6, 6.07) is 15.8. The topological polar surface area (TPSA) is 68.9 Å². The molecule has 0 aliphatic rings. The Balaban J connectivity index is 0.00000288. The normalized spacial score (nSPS) is 10.8. The molecule has 24 heavy (non-hydrogen) atoms. The molecular weight excluding hydrogens is 417 g/mol. The second kappa shape index (κ2) is 10.9. The molecule has 0 fully saturated rings. The van der Waals surface area contributed by atoms with Crippen LogP contribution >= 0.6 is 24.0 Å². The Hall–Kier alpha value is -1.80. The molecule has 0 aliphatic heterocycles. The number of aryl methyl sites for hydroxylation is 1. The number of nitrogens with zero attached hydrogens (tertiary/aromatic N) is 1. The maximum atomic E-state index is 5.84. The first-order chi connectivity index (χ1) is 11.2. The maximum absolute atomic E-state index is 5.84. The minimum absolute atomic E-state index is 0. The third kappa shape index (κ3) is 7.18. The second-order valence-corrected chi connectivity index (χ2v) is 5.16. The first-order valence-corrected chi connectivity index (χ1v) is 7.51. The van der Waals surface area contributed by atoms with Crippen LogP contribution in [0.5, 0.6) is 5.75 Å². The molecule has 0 saturated heterocycles. The lowest BCUT2D eigenvalue weighted by atomic mass is 10.2. The molecule has 2 aromatic carbocycles. The van der Waals surface area contributed by atoms with Crippen LogP contribution in [0, 0.1) is 6.92 Å². The zero-order chi connectivity index (χ0) is 16.5. The van der Waals surface area contributed by atoms with Gasteiger partial charge in [0.05, 0.1) is 26.9 Å². The molecule has 130 valence electrons. The van der Waals surface area contributed by atoms with Crippen molar-refractivity contribution >= 4 is 35.6 Å². The molecule has 0 aromatic heterocycles. The van der Waals surface area contributed by atoms with Gasteiger partial charge in [0.2, 0.25) is 0 Å². The molecule has 0 unspecified atom stereocenters. The molecule has 0 aliphatic carbocycles. The highest BCUT2D eigenvalue weighted by Crippen LogP contribution is 2.11. The van der Waals surface area contributed by atoms with Crippen LogP contribution < -0.4 is 15.8 Å². The number of hydrogen-bond acceptors (Lipinski definition) is 3. The van der Waals surface area contributed by atoms with Crippen molar-refractivity contribution in [3.63, 3.8) is 0 Å². The SMILES string of the molecule is COc1ccc(COCCN=C(N)Nc2ccc(C)cc2)cc1.I. The Morgan fingerprint density at radius 3 is 2.38 bits per heavy atom. The number of guanidine groups is 1. The summed E-state index contributed by atoms with van der Waals surface area (Å²) in [4.78, 5) is 4.24. The van der Waals surface area contributed by atoms with Gasteiger partial charge in [0.1, 0.15) is 5.75 Å². The van der Waals surface area contributed by atoms with Crippen molar-refractivity contribution in [3.8, 4) is 5.75 Å². The van der Waals surface area contributed by atoms with Gasteiger partial charge in [0.25, 0.3) is 0 Å². The Morgan fingerprint density at radius 1 is 1.08 bits per heavy atom. The van der Waals surface area contributed by atoms with Crippen molar-refractivity contribution in [2.24, 2.45) is 10.7 Å². The molecule has 0 atom stereocenters. The lowest BCUT2D eigenvalue weighted by Crippen LogP contribution is -2.23. The van der Waals surface area contributed by atoms with Gasteiger partial charge in [-0.25, -0.2) is 0 Å². The van der Waals surface area contributed by atoms with Crippen LogP contribution in [0.15, 0.2) is 53.5 Å². The van der Waals surface area contributed by atoms with Gasteiger partial charge in [-0.2, -0.15) is 0 Å². The molecule has 0 heterocycles. The van der Waals surface area contributed by atoms with Crippen molar-refractivity contribution in [1.82, 2.24) is 0 Å². The lowest BCUT2D eigenvalue weighted by Gasteiger charge is -2.07. The minimum atomic E-state index is 0. The molecule has 6 heteroatoms. The van der Waals surface area contributed by atoms with Gasteiger partial charge in [0, 0.05) is 5.69 Å². The van der Waals surface area contributed by atoms with Gasteiger partial charge in [-0.1, -0.05) is 29.8 Å². The van der Waals surface area contributed by atoms with E-state index in [1.165, 1.54) is 5.56 Å². The largest absolute Gasteiger partial charge is 0.497 e. The van der Waals surface area contributed by atoms with E-state index < -0.39 is 0 Å². The highest BCUT2D eigenvalue weighted by molar-refractivity contribution is 14.0. The fraction of sp³-hybridized carbons (Fsp3) is 0.278. The predicted molar refractivity (Wildman–Crippen MR) is 109 cm³/mol. The zero-order valence-electron chi connectivity index (χ0n) is 14.0. The van der Waals surface area contributed by atoms with E-state index in [1.54, 1.807) is 7.11 Å². The van der Waals surface area contributed by atoms with E-state index in [-0.39, 0.29) is 24.0 Å². The van der Waals surface area contributed by atoms with Crippen LogP contribution in [0.1, 0.15) is 11.1 Å². The number of ether oxygens (including phenoxy) is 2. The number of anilines is 1. The summed E-state index contributed by atoms with van der Waals surface area (Å²) >= 11 is 0. The van der Waals surface area contributed by atoms with Crippen LogP contribution in [0.25, 0.3) is 0 Å². The first-order valence-electron chi connectivity index (χ1n) is 7.51. The molecule has 0 spiro atoms. The average molecular weight is 441 g/mol. The molecular formula is C18H24IN3O2. The van der Waals surface area contributed by atoms with E-state index >= 15 is 0 Å². The van der Waals surface area contributed by atoms with Gasteiger partial charge in [-0.15, -0.1) is 24.0 Å². The first kappa shape index (κ1) is 20.2. The Bertz CT molecular complexity index is 628. The molecule has 0 radical (unpaired) electrons. The third-order valence-corrected chi connectivity index (χ3v) is 3.27. The van der Waals surface area contributed by atoms with Crippen molar-refractivity contribution < 1.29 is 9.47 Å². The number of aliphatic imine (C=N–C) groups is 1. The number of halogens is 1. The fourth-order valence-electron chi connectivity index (χ4n) is 1.97. The average Bonchev–Trinajstić information content (AvgIpc) is 2.57. The Labute approximate surface area is 160 Å². The summed E-state index contributed by atoms with van der Waals surface area (Å²) in [5.41, 5.74) is 9.07. The summed E-state index contributed by atoms with van der Waals surface area (Å²) in [5, 5.41) is 3.05. The quantitative estimate of drug-likeness (QED) is 0.299. The smallest absolute Gasteiger partial charge is 0.193 e.